The third-order valence-electron chi connectivity index (χ3n) is 2.40. The van der Waals surface area contributed by atoms with Gasteiger partial charge >= 0.3 is 0 Å². The highest BCUT2D eigenvalue weighted by molar-refractivity contribution is 5.80. The molecule has 1 heteroatoms. The van der Waals surface area contributed by atoms with Crippen LogP contribution < -0.4 is 0 Å². The van der Waals surface area contributed by atoms with Gasteiger partial charge in [-0.25, -0.2) is 0 Å². The number of ketones is 1. The lowest BCUT2D eigenvalue weighted by atomic mass is 9.89. The number of hydrogen-bond acceptors (Lipinski definition) is 1. The minimum absolute atomic E-state index is 0.0439. The fraction of sp³-hybridized carbons (Fsp3) is 0.583. The van der Waals surface area contributed by atoms with Gasteiger partial charge in [-0.05, 0) is 32.6 Å². The standard InChI is InChI=1S/C12H20O/c1-6-10(4)7-8-12(9(2)3)11(5)13/h6,10,12H,1-2,7-8H2,3-5H3/t10-,12-/m1/s1. The van der Waals surface area contributed by atoms with E-state index >= 15 is 0 Å². The second-order valence-electron chi connectivity index (χ2n) is 3.80. The van der Waals surface area contributed by atoms with Gasteiger partial charge in [0.1, 0.15) is 5.78 Å². The zero-order valence-corrected chi connectivity index (χ0v) is 8.97. The highest BCUT2D eigenvalue weighted by Gasteiger charge is 2.14. The summed E-state index contributed by atoms with van der Waals surface area (Å²) in [7, 11) is 0. The molecule has 0 fully saturated rings. The molecule has 0 amide bonds. The van der Waals surface area contributed by atoms with Gasteiger partial charge in [0.05, 0.1) is 0 Å². The van der Waals surface area contributed by atoms with Crippen molar-refractivity contribution in [2.45, 2.75) is 33.6 Å². The van der Waals surface area contributed by atoms with Crippen LogP contribution in [0.5, 0.6) is 0 Å². The molecule has 0 saturated heterocycles. The van der Waals surface area contributed by atoms with Crippen LogP contribution in [0.3, 0.4) is 0 Å². The molecule has 0 unspecified atom stereocenters. The summed E-state index contributed by atoms with van der Waals surface area (Å²) in [6.07, 6.45) is 3.84. The number of rotatable bonds is 6. The van der Waals surface area contributed by atoms with Crippen LogP contribution in [0.2, 0.25) is 0 Å². The van der Waals surface area contributed by atoms with E-state index in [1.165, 1.54) is 0 Å². The topological polar surface area (TPSA) is 17.1 Å². The van der Waals surface area contributed by atoms with Gasteiger partial charge < -0.3 is 0 Å². The SMILES string of the molecule is C=C[C@@H](C)CC[C@H](C(=C)C)C(C)=O. The molecule has 0 aliphatic carbocycles. The number of allylic oxidation sites excluding steroid dienone is 2. The maximum absolute atomic E-state index is 11.2. The van der Waals surface area contributed by atoms with Crippen molar-refractivity contribution in [3.05, 3.63) is 24.8 Å². The fourth-order valence-electron chi connectivity index (χ4n) is 1.34. The molecule has 0 rings (SSSR count). The lowest BCUT2D eigenvalue weighted by Gasteiger charge is -2.14. The van der Waals surface area contributed by atoms with Crippen molar-refractivity contribution in [2.24, 2.45) is 11.8 Å². The summed E-state index contributed by atoms with van der Waals surface area (Å²) in [5.41, 5.74) is 0.976. The van der Waals surface area contributed by atoms with E-state index in [9.17, 15) is 4.79 Å². The van der Waals surface area contributed by atoms with Crippen molar-refractivity contribution in [3.8, 4) is 0 Å². The van der Waals surface area contributed by atoms with E-state index < -0.39 is 0 Å². The highest BCUT2D eigenvalue weighted by Crippen LogP contribution is 2.19. The lowest BCUT2D eigenvalue weighted by Crippen LogP contribution is -2.12. The van der Waals surface area contributed by atoms with Gasteiger partial charge in [-0.3, -0.25) is 4.79 Å². The van der Waals surface area contributed by atoms with Crippen LogP contribution in [0.25, 0.3) is 0 Å². The molecule has 1 nitrogen and oxygen atoms in total. The van der Waals surface area contributed by atoms with Crippen LogP contribution in [0, 0.1) is 11.8 Å². The number of carbonyl (C=O) groups excluding carboxylic acids is 1. The Morgan fingerprint density at radius 1 is 1.38 bits per heavy atom. The molecule has 0 N–H and O–H groups in total. The summed E-state index contributed by atoms with van der Waals surface area (Å²) in [6.45, 7) is 13.2. The monoisotopic (exact) mass is 180 g/mol. The van der Waals surface area contributed by atoms with Crippen LogP contribution in [-0.4, -0.2) is 5.78 Å². The van der Waals surface area contributed by atoms with Crippen LogP contribution in [-0.2, 0) is 4.79 Å². The first-order chi connectivity index (χ1) is 5.99. The zero-order valence-electron chi connectivity index (χ0n) is 8.97. The summed E-state index contributed by atoms with van der Waals surface area (Å²) in [6, 6.07) is 0. The molecule has 0 saturated carbocycles. The molecule has 74 valence electrons. The van der Waals surface area contributed by atoms with Crippen LogP contribution in [0.1, 0.15) is 33.6 Å². The first-order valence-electron chi connectivity index (χ1n) is 4.77. The molecular weight excluding hydrogens is 160 g/mol. The summed E-state index contributed by atoms with van der Waals surface area (Å²) in [4.78, 5) is 11.2. The fourth-order valence-corrected chi connectivity index (χ4v) is 1.34. The average Bonchev–Trinajstić information content (AvgIpc) is 2.03. The Hall–Kier alpha value is -0.850. The van der Waals surface area contributed by atoms with Crippen molar-refractivity contribution >= 4 is 5.78 Å². The molecule has 0 aromatic heterocycles. The molecule has 0 aliphatic rings. The van der Waals surface area contributed by atoms with Crippen molar-refractivity contribution in [2.75, 3.05) is 0 Å². The predicted molar refractivity (Wildman–Crippen MR) is 57.6 cm³/mol. The van der Waals surface area contributed by atoms with Gasteiger partial charge in [0.2, 0.25) is 0 Å². The third kappa shape index (κ3) is 4.66. The Bertz CT molecular complexity index is 189. The normalized spacial score (nSPS) is 14.7. The second-order valence-corrected chi connectivity index (χ2v) is 3.80. The molecule has 0 radical (unpaired) electrons. The van der Waals surface area contributed by atoms with E-state index in [-0.39, 0.29) is 11.7 Å². The first-order valence-corrected chi connectivity index (χ1v) is 4.77. The minimum Gasteiger partial charge on any atom is -0.299 e. The van der Waals surface area contributed by atoms with Crippen molar-refractivity contribution < 1.29 is 4.79 Å². The molecule has 0 heterocycles. The molecule has 2 atom stereocenters. The van der Waals surface area contributed by atoms with Gasteiger partial charge in [-0.15, -0.1) is 6.58 Å². The van der Waals surface area contributed by atoms with Crippen LogP contribution >= 0.6 is 0 Å². The average molecular weight is 180 g/mol. The first kappa shape index (κ1) is 12.2. The number of carbonyl (C=O) groups is 1. The molecule has 0 aromatic rings. The summed E-state index contributed by atoms with van der Waals surface area (Å²) < 4.78 is 0. The maximum Gasteiger partial charge on any atom is 0.136 e. The zero-order chi connectivity index (χ0) is 10.4. The van der Waals surface area contributed by atoms with Gasteiger partial charge in [-0.1, -0.05) is 25.2 Å². The molecule has 0 bridgehead atoms. The number of Topliss-reactive ketones (excluding diaryl/α,β-unsaturated/α-hetero) is 1. The van der Waals surface area contributed by atoms with E-state index in [4.69, 9.17) is 0 Å². The van der Waals surface area contributed by atoms with Gasteiger partial charge in [0.15, 0.2) is 0 Å². The van der Waals surface area contributed by atoms with E-state index in [0.717, 1.165) is 18.4 Å². The minimum atomic E-state index is 0.0439. The Labute approximate surface area is 81.5 Å². The third-order valence-corrected chi connectivity index (χ3v) is 2.40. The summed E-state index contributed by atoms with van der Waals surface area (Å²) in [5.74, 6) is 0.757. The summed E-state index contributed by atoms with van der Waals surface area (Å²) >= 11 is 0. The molecule has 0 spiro atoms. The quantitative estimate of drug-likeness (QED) is 0.573. The molecule has 13 heavy (non-hydrogen) atoms. The van der Waals surface area contributed by atoms with E-state index in [1.54, 1.807) is 6.92 Å². The summed E-state index contributed by atoms with van der Waals surface area (Å²) in [5, 5.41) is 0. The molecule has 0 aromatic carbocycles. The smallest absolute Gasteiger partial charge is 0.136 e. The van der Waals surface area contributed by atoms with Gasteiger partial charge in [0.25, 0.3) is 0 Å². The van der Waals surface area contributed by atoms with Crippen molar-refractivity contribution in [1.82, 2.24) is 0 Å². The largest absolute Gasteiger partial charge is 0.299 e. The Morgan fingerprint density at radius 3 is 2.23 bits per heavy atom. The van der Waals surface area contributed by atoms with E-state index in [2.05, 4.69) is 20.1 Å². The number of hydrogen-bond donors (Lipinski definition) is 0. The van der Waals surface area contributed by atoms with Gasteiger partial charge in [0, 0.05) is 5.92 Å². The van der Waals surface area contributed by atoms with E-state index in [1.807, 2.05) is 13.0 Å². The van der Waals surface area contributed by atoms with Crippen LogP contribution in [0.15, 0.2) is 24.8 Å². The Kier molecular flexibility index (Phi) is 5.36. The molecule has 0 aliphatic heterocycles. The van der Waals surface area contributed by atoms with Crippen molar-refractivity contribution in [1.29, 1.82) is 0 Å². The highest BCUT2D eigenvalue weighted by atomic mass is 16.1. The van der Waals surface area contributed by atoms with Crippen LogP contribution in [0.4, 0.5) is 0 Å². The van der Waals surface area contributed by atoms with E-state index in [0.29, 0.717) is 5.92 Å². The van der Waals surface area contributed by atoms with Gasteiger partial charge in [-0.2, -0.15) is 0 Å². The molecular formula is C12H20O. The predicted octanol–water partition coefficient (Wildman–Crippen LogP) is 3.37. The van der Waals surface area contributed by atoms with Crippen molar-refractivity contribution in [3.63, 3.8) is 0 Å². The lowest BCUT2D eigenvalue weighted by molar-refractivity contribution is -0.119. The Balaban J connectivity index is 4.05. The Morgan fingerprint density at radius 2 is 1.92 bits per heavy atom. The second kappa shape index (κ2) is 5.74. The maximum atomic E-state index is 11.2.